The summed E-state index contributed by atoms with van der Waals surface area (Å²) < 4.78 is 10.2. The van der Waals surface area contributed by atoms with Crippen molar-refractivity contribution in [3.05, 3.63) is 92.9 Å². The van der Waals surface area contributed by atoms with Crippen molar-refractivity contribution in [2.24, 2.45) is 5.10 Å². The molecule has 29 heavy (non-hydrogen) atoms. The first-order valence-electron chi connectivity index (χ1n) is 8.08. The van der Waals surface area contributed by atoms with E-state index in [0.717, 1.165) is 6.21 Å². The second-order valence-electron chi connectivity index (χ2n) is 5.50. The van der Waals surface area contributed by atoms with Crippen molar-refractivity contribution < 1.29 is 23.7 Å². The van der Waals surface area contributed by atoms with Crippen LogP contribution >= 0.6 is 11.6 Å². The first-order chi connectivity index (χ1) is 14.0. The Morgan fingerprint density at radius 3 is 2.62 bits per heavy atom. The third kappa shape index (κ3) is 4.66. The SMILES string of the molecule is O=C(N/N=C/c1cccc([N+](=O)[O-])c1OC(=O)c1ccccc1Cl)c1ccco1. The molecule has 0 radical (unpaired) electrons. The van der Waals surface area contributed by atoms with Crippen LogP contribution in [0.25, 0.3) is 0 Å². The van der Waals surface area contributed by atoms with Gasteiger partial charge in [0.25, 0.3) is 0 Å². The average Bonchev–Trinajstić information content (AvgIpc) is 3.24. The summed E-state index contributed by atoms with van der Waals surface area (Å²) in [6, 6.07) is 13.1. The lowest BCUT2D eigenvalue weighted by Gasteiger charge is -2.09. The van der Waals surface area contributed by atoms with Crippen molar-refractivity contribution in [1.29, 1.82) is 0 Å². The molecule has 1 N–H and O–H groups in total. The fourth-order valence-corrected chi connectivity index (χ4v) is 2.51. The Balaban J connectivity index is 1.88. The minimum atomic E-state index is -0.876. The Morgan fingerprint density at radius 2 is 1.93 bits per heavy atom. The van der Waals surface area contributed by atoms with E-state index in [1.807, 2.05) is 0 Å². The first kappa shape index (κ1) is 19.8. The molecule has 146 valence electrons. The fourth-order valence-electron chi connectivity index (χ4n) is 2.30. The zero-order chi connectivity index (χ0) is 20.8. The number of nitro benzene ring substituents is 1. The molecule has 0 unspecified atom stereocenters. The number of benzene rings is 2. The topological polar surface area (TPSA) is 124 Å². The van der Waals surface area contributed by atoms with Gasteiger partial charge in [-0.2, -0.15) is 5.10 Å². The van der Waals surface area contributed by atoms with E-state index >= 15 is 0 Å². The van der Waals surface area contributed by atoms with Gasteiger partial charge in [0.1, 0.15) is 0 Å². The molecule has 0 aliphatic heterocycles. The predicted octanol–water partition coefficient (Wildman–Crippen LogP) is 3.82. The molecule has 0 bridgehead atoms. The molecule has 0 atom stereocenters. The van der Waals surface area contributed by atoms with E-state index in [1.54, 1.807) is 12.1 Å². The highest BCUT2D eigenvalue weighted by atomic mass is 35.5. The van der Waals surface area contributed by atoms with Gasteiger partial charge < -0.3 is 9.15 Å². The summed E-state index contributed by atoms with van der Waals surface area (Å²) in [5.74, 6) is -1.80. The lowest BCUT2D eigenvalue weighted by molar-refractivity contribution is -0.385. The van der Waals surface area contributed by atoms with Gasteiger partial charge in [-0.15, -0.1) is 0 Å². The monoisotopic (exact) mass is 413 g/mol. The molecule has 0 saturated heterocycles. The Morgan fingerprint density at radius 1 is 1.14 bits per heavy atom. The zero-order valence-corrected chi connectivity index (χ0v) is 15.3. The molecule has 9 nitrogen and oxygen atoms in total. The van der Waals surface area contributed by atoms with E-state index in [0.29, 0.717) is 0 Å². The number of carbonyl (C=O) groups is 2. The summed E-state index contributed by atoms with van der Waals surface area (Å²) >= 11 is 5.98. The highest BCUT2D eigenvalue weighted by Gasteiger charge is 2.23. The van der Waals surface area contributed by atoms with Crippen LogP contribution in [0, 0.1) is 10.1 Å². The van der Waals surface area contributed by atoms with E-state index in [4.69, 9.17) is 20.8 Å². The third-order valence-corrected chi connectivity index (χ3v) is 3.95. The minimum absolute atomic E-state index is 0.0339. The van der Waals surface area contributed by atoms with Gasteiger partial charge in [0.05, 0.1) is 28.0 Å². The van der Waals surface area contributed by atoms with Gasteiger partial charge in [-0.3, -0.25) is 14.9 Å². The minimum Gasteiger partial charge on any atom is -0.459 e. The maximum atomic E-state index is 12.4. The molecule has 1 heterocycles. The highest BCUT2D eigenvalue weighted by Crippen LogP contribution is 2.31. The standard InChI is InChI=1S/C19H12ClN3O6/c20-14-7-2-1-6-13(14)19(25)29-17-12(5-3-8-15(17)23(26)27)11-21-22-18(24)16-9-4-10-28-16/h1-11H,(H,22,24)/b21-11+. The number of nitrogens with zero attached hydrogens (tertiary/aromatic N) is 2. The molecule has 0 spiro atoms. The van der Waals surface area contributed by atoms with Crippen LogP contribution in [-0.4, -0.2) is 23.0 Å². The number of nitro groups is 1. The van der Waals surface area contributed by atoms with Crippen molar-refractivity contribution in [3.63, 3.8) is 0 Å². The van der Waals surface area contributed by atoms with E-state index in [1.165, 1.54) is 48.7 Å². The molecule has 0 aliphatic rings. The van der Waals surface area contributed by atoms with Crippen LogP contribution in [0.15, 0.2) is 70.4 Å². The summed E-state index contributed by atoms with van der Waals surface area (Å²) in [7, 11) is 0. The van der Waals surface area contributed by atoms with E-state index < -0.39 is 22.5 Å². The molecule has 2 aromatic carbocycles. The molecule has 10 heteroatoms. The van der Waals surface area contributed by atoms with Gasteiger partial charge >= 0.3 is 17.6 Å². The summed E-state index contributed by atoms with van der Waals surface area (Å²) in [4.78, 5) is 34.9. The van der Waals surface area contributed by atoms with Gasteiger partial charge in [-0.1, -0.05) is 29.8 Å². The summed E-state index contributed by atoms with van der Waals surface area (Å²) in [6.45, 7) is 0. The van der Waals surface area contributed by atoms with Gasteiger partial charge in [0, 0.05) is 11.6 Å². The van der Waals surface area contributed by atoms with Crippen molar-refractivity contribution >= 4 is 35.4 Å². The number of halogens is 1. The number of rotatable bonds is 6. The maximum Gasteiger partial charge on any atom is 0.345 e. The summed E-state index contributed by atoms with van der Waals surface area (Å²) in [5, 5.41) is 15.2. The Hall–Kier alpha value is -3.98. The van der Waals surface area contributed by atoms with Crippen LogP contribution in [-0.2, 0) is 0 Å². The van der Waals surface area contributed by atoms with E-state index in [-0.39, 0.29) is 27.7 Å². The number of nitrogens with one attached hydrogen (secondary N) is 1. The van der Waals surface area contributed by atoms with E-state index in [9.17, 15) is 19.7 Å². The number of para-hydroxylation sites is 1. The van der Waals surface area contributed by atoms with Gasteiger partial charge in [-0.05, 0) is 30.3 Å². The van der Waals surface area contributed by atoms with Crippen molar-refractivity contribution in [2.75, 3.05) is 0 Å². The summed E-state index contributed by atoms with van der Waals surface area (Å²) in [5.41, 5.74) is 1.90. The highest BCUT2D eigenvalue weighted by molar-refractivity contribution is 6.33. The van der Waals surface area contributed by atoms with E-state index in [2.05, 4.69) is 10.5 Å². The lowest BCUT2D eigenvalue weighted by Crippen LogP contribution is -2.17. The number of furan rings is 1. The van der Waals surface area contributed by atoms with Gasteiger partial charge in [-0.25, -0.2) is 10.2 Å². The van der Waals surface area contributed by atoms with Crippen molar-refractivity contribution in [2.45, 2.75) is 0 Å². The smallest absolute Gasteiger partial charge is 0.345 e. The Kier molecular flexibility index (Phi) is 6.00. The second-order valence-corrected chi connectivity index (χ2v) is 5.91. The molecular formula is C19H12ClN3O6. The van der Waals surface area contributed by atoms with Crippen molar-refractivity contribution in [3.8, 4) is 5.75 Å². The number of hydrogen-bond donors (Lipinski definition) is 1. The van der Waals surface area contributed by atoms with Crippen LogP contribution in [0.1, 0.15) is 26.5 Å². The number of carbonyl (C=O) groups excluding carboxylic acids is 2. The van der Waals surface area contributed by atoms with Crippen LogP contribution in [0.4, 0.5) is 5.69 Å². The Bertz CT molecular complexity index is 1100. The van der Waals surface area contributed by atoms with Gasteiger partial charge in [0.15, 0.2) is 5.76 Å². The number of hydrazone groups is 1. The first-order valence-corrected chi connectivity index (χ1v) is 8.46. The molecule has 1 amide bonds. The second kappa shape index (κ2) is 8.81. The fraction of sp³-hybridized carbons (Fsp3) is 0. The number of hydrogen-bond acceptors (Lipinski definition) is 7. The molecule has 3 aromatic rings. The van der Waals surface area contributed by atoms with Crippen LogP contribution in [0.5, 0.6) is 5.75 Å². The average molecular weight is 414 g/mol. The molecule has 0 aliphatic carbocycles. The number of ether oxygens (including phenoxy) is 1. The van der Waals surface area contributed by atoms with Crippen LogP contribution in [0.2, 0.25) is 5.02 Å². The molecule has 0 fully saturated rings. The van der Waals surface area contributed by atoms with Crippen LogP contribution < -0.4 is 10.2 Å². The van der Waals surface area contributed by atoms with Gasteiger partial charge in [0.2, 0.25) is 5.75 Å². The normalized spacial score (nSPS) is 10.7. The third-order valence-electron chi connectivity index (χ3n) is 3.62. The zero-order valence-electron chi connectivity index (χ0n) is 14.6. The quantitative estimate of drug-likeness (QED) is 0.215. The molecular weight excluding hydrogens is 402 g/mol. The Labute approximate surface area is 168 Å². The van der Waals surface area contributed by atoms with Crippen molar-refractivity contribution in [1.82, 2.24) is 5.43 Å². The number of amides is 1. The predicted molar refractivity (Wildman–Crippen MR) is 103 cm³/mol. The molecule has 3 rings (SSSR count). The van der Waals surface area contributed by atoms with Crippen LogP contribution in [0.3, 0.4) is 0 Å². The number of esters is 1. The maximum absolute atomic E-state index is 12.4. The lowest BCUT2D eigenvalue weighted by atomic mass is 10.2. The molecule has 0 saturated carbocycles. The largest absolute Gasteiger partial charge is 0.459 e. The molecule has 1 aromatic heterocycles. The summed E-state index contributed by atoms with van der Waals surface area (Å²) in [6.07, 6.45) is 2.44.